The van der Waals surface area contributed by atoms with Gasteiger partial charge < -0.3 is 5.32 Å². The van der Waals surface area contributed by atoms with Gasteiger partial charge >= 0.3 is 0 Å². The van der Waals surface area contributed by atoms with E-state index in [0.29, 0.717) is 0 Å². The summed E-state index contributed by atoms with van der Waals surface area (Å²) in [5.41, 5.74) is 0. The molecule has 18 heavy (non-hydrogen) atoms. The van der Waals surface area contributed by atoms with E-state index in [4.69, 9.17) is 0 Å². The molecule has 1 saturated carbocycles. The lowest BCUT2D eigenvalue weighted by Crippen LogP contribution is -2.41. The molecule has 1 saturated heterocycles. The molecule has 0 aromatic heterocycles. The van der Waals surface area contributed by atoms with Gasteiger partial charge in [-0.3, -0.25) is 4.90 Å². The predicted molar refractivity (Wildman–Crippen MR) is 78.8 cm³/mol. The molecule has 2 aliphatic rings. The monoisotopic (exact) mass is 252 g/mol. The van der Waals surface area contributed by atoms with Crippen LogP contribution in [-0.2, 0) is 0 Å². The number of hydrogen-bond acceptors (Lipinski definition) is 2. The molecule has 1 N–H and O–H groups in total. The van der Waals surface area contributed by atoms with Crippen LogP contribution in [0.15, 0.2) is 0 Å². The maximum Gasteiger partial charge on any atom is 0.00966 e. The SMILES string of the molecule is CC(C)CC(C)CN(CC1CCCNC1)C1CC1. The average molecular weight is 252 g/mol. The van der Waals surface area contributed by atoms with Crippen molar-refractivity contribution < 1.29 is 0 Å². The lowest BCUT2D eigenvalue weighted by molar-refractivity contribution is 0.170. The minimum Gasteiger partial charge on any atom is -0.316 e. The molecule has 1 aliphatic heterocycles. The second-order valence-corrected chi connectivity index (χ2v) is 7.13. The molecule has 0 bridgehead atoms. The Morgan fingerprint density at radius 1 is 1.17 bits per heavy atom. The largest absolute Gasteiger partial charge is 0.316 e. The smallest absolute Gasteiger partial charge is 0.00966 e. The van der Waals surface area contributed by atoms with Gasteiger partial charge in [-0.1, -0.05) is 20.8 Å². The van der Waals surface area contributed by atoms with Crippen molar-refractivity contribution in [1.29, 1.82) is 0 Å². The molecule has 0 aromatic rings. The fourth-order valence-electron chi connectivity index (χ4n) is 3.50. The first-order chi connectivity index (χ1) is 8.65. The molecule has 2 rings (SSSR count). The summed E-state index contributed by atoms with van der Waals surface area (Å²) in [6.07, 6.45) is 7.11. The van der Waals surface area contributed by atoms with Gasteiger partial charge in [0.25, 0.3) is 0 Å². The van der Waals surface area contributed by atoms with Crippen molar-refractivity contribution in [3.05, 3.63) is 0 Å². The summed E-state index contributed by atoms with van der Waals surface area (Å²) in [4.78, 5) is 2.81. The molecule has 0 aromatic carbocycles. The van der Waals surface area contributed by atoms with Crippen molar-refractivity contribution in [3.63, 3.8) is 0 Å². The molecule has 2 fully saturated rings. The number of hydrogen-bond donors (Lipinski definition) is 1. The van der Waals surface area contributed by atoms with Crippen molar-refractivity contribution in [2.24, 2.45) is 17.8 Å². The van der Waals surface area contributed by atoms with Crippen LogP contribution in [0, 0.1) is 17.8 Å². The highest BCUT2D eigenvalue weighted by atomic mass is 15.2. The zero-order chi connectivity index (χ0) is 13.0. The summed E-state index contributed by atoms with van der Waals surface area (Å²) in [5, 5.41) is 3.56. The Bertz CT molecular complexity index is 229. The molecule has 2 heteroatoms. The topological polar surface area (TPSA) is 15.3 Å². The lowest BCUT2D eigenvalue weighted by atomic mass is 9.96. The molecule has 0 spiro atoms. The number of nitrogens with one attached hydrogen (secondary N) is 1. The highest BCUT2D eigenvalue weighted by Gasteiger charge is 2.31. The van der Waals surface area contributed by atoms with E-state index in [2.05, 4.69) is 31.0 Å². The third-order valence-corrected chi connectivity index (χ3v) is 4.37. The van der Waals surface area contributed by atoms with Crippen molar-refractivity contribution in [2.45, 2.75) is 58.9 Å². The number of piperidine rings is 1. The Hall–Kier alpha value is -0.0800. The molecule has 0 amide bonds. The van der Waals surface area contributed by atoms with Gasteiger partial charge in [-0.15, -0.1) is 0 Å². The fraction of sp³-hybridized carbons (Fsp3) is 1.00. The highest BCUT2D eigenvalue weighted by Crippen LogP contribution is 2.30. The van der Waals surface area contributed by atoms with Gasteiger partial charge in [0.15, 0.2) is 0 Å². The third-order valence-electron chi connectivity index (χ3n) is 4.37. The Morgan fingerprint density at radius 3 is 2.50 bits per heavy atom. The first-order valence-corrected chi connectivity index (χ1v) is 8.10. The Morgan fingerprint density at radius 2 is 1.94 bits per heavy atom. The van der Waals surface area contributed by atoms with Gasteiger partial charge in [0.2, 0.25) is 0 Å². The number of rotatable bonds is 7. The minimum absolute atomic E-state index is 0.845. The molecule has 2 unspecified atom stereocenters. The van der Waals surface area contributed by atoms with Crippen molar-refractivity contribution in [3.8, 4) is 0 Å². The van der Waals surface area contributed by atoms with E-state index >= 15 is 0 Å². The first-order valence-electron chi connectivity index (χ1n) is 8.10. The van der Waals surface area contributed by atoms with Crippen LogP contribution in [0.5, 0.6) is 0 Å². The summed E-state index contributed by atoms with van der Waals surface area (Å²) < 4.78 is 0. The van der Waals surface area contributed by atoms with Crippen LogP contribution in [0.1, 0.15) is 52.9 Å². The third kappa shape index (κ3) is 4.89. The summed E-state index contributed by atoms with van der Waals surface area (Å²) in [6.45, 7) is 12.3. The summed E-state index contributed by atoms with van der Waals surface area (Å²) in [6, 6.07) is 0.932. The summed E-state index contributed by atoms with van der Waals surface area (Å²) in [5.74, 6) is 2.62. The molecule has 1 aliphatic carbocycles. The van der Waals surface area contributed by atoms with Crippen LogP contribution >= 0.6 is 0 Å². The summed E-state index contributed by atoms with van der Waals surface area (Å²) >= 11 is 0. The van der Waals surface area contributed by atoms with Crippen LogP contribution in [0.3, 0.4) is 0 Å². The van der Waals surface area contributed by atoms with Crippen LogP contribution in [-0.4, -0.2) is 37.1 Å². The van der Waals surface area contributed by atoms with Gasteiger partial charge in [-0.2, -0.15) is 0 Å². The zero-order valence-electron chi connectivity index (χ0n) is 12.6. The van der Waals surface area contributed by atoms with E-state index in [9.17, 15) is 0 Å². The van der Waals surface area contributed by atoms with Gasteiger partial charge in [0.1, 0.15) is 0 Å². The van der Waals surface area contributed by atoms with E-state index in [0.717, 1.165) is 23.8 Å². The van der Waals surface area contributed by atoms with E-state index in [-0.39, 0.29) is 0 Å². The molecule has 106 valence electrons. The molecular formula is C16H32N2. The summed E-state index contributed by atoms with van der Waals surface area (Å²) in [7, 11) is 0. The van der Waals surface area contributed by atoms with Crippen LogP contribution in [0.25, 0.3) is 0 Å². The van der Waals surface area contributed by atoms with Crippen molar-refractivity contribution in [2.75, 3.05) is 26.2 Å². The standard InChI is InChI=1S/C16H32N2/c1-13(2)9-14(3)11-18(16-6-7-16)12-15-5-4-8-17-10-15/h13-17H,4-12H2,1-3H3. The Kier molecular flexibility index (Phi) is 5.50. The van der Waals surface area contributed by atoms with Crippen LogP contribution in [0.2, 0.25) is 0 Å². The lowest BCUT2D eigenvalue weighted by Gasteiger charge is -2.32. The van der Waals surface area contributed by atoms with E-state index in [1.165, 1.54) is 58.3 Å². The fourth-order valence-corrected chi connectivity index (χ4v) is 3.50. The van der Waals surface area contributed by atoms with E-state index in [1.807, 2.05) is 0 Å². The van der Waals surface area contributed by atoms with Gasteiger partial charge in [0, 0.05) is 19.1 Å². The maximum absolute atomic E-state index is 3.56. The zero-order valence-corrected chi connectivity index (χ0v) is 12.6. The Balaban J connectivity index is 1.76. The quantitative estimate of drug-likeness (QED) is 0.749. The van der Waals surface area contributed by atoms with Crippen molar-refractivity contribution in [1.82, 2.24) is 10.2 Å². The molecule has 2 atom stereocenters. The minimum atomic E-state index is 0.845. The highest BCUT2D eigenvalue weighted by molar-refractivity contribution is 4.87. The second-order valence-electron chi connectivity index (χ2n) is 7.13. The maximum atomic E-state index is 3.56. The van der Waals surface area contributed by atoms with Crippen LogP contribution in [0.4, 0.5) is 0 Å². The van der Waals surface area contributed by atoms with Gasteiger partial charge in [-0.25, -0.2) is 0 Å². The number of nitrogens with zero attached hydrogens (tertiary/aromatic N) is 1. The molecular weight excluding hydrogens is 220 g/mol. The van der Waals surface area contributed by atoms with E-state index < -0.39 is 0 Å². The van der Waals surface area contributed by atoms with Gasteiger partial charge in [0.05, 0.1) is 0 Å². The van der Waals surface area contributed by atoms with E-state index in [1.54, 1.807) is 0 Å². The van der Waals surface area contributed by atoms with Crippen molar-refractivity contribution >= 4 is 0 Å². The Labute approximate surface area is 114 Å². The molecule has 1 heterocycles. The first kappa shape index (κ1) is 14.3. The molecule has 0 radical (unpaired) electrons. The average Bonchev–Trinajstić information content (AvgIpc) is 3.12. The molecule has 2 nitrogen and oxygen atoms in total. The predicted octanol–water partition coefficient (Wildman–Crippen LogP) is 3.13. The second kappa shape index (κ2) is 6.91. The van der Waals surface area contributed by atoms with Crippen LogP contribution < -0.4 is 5.32 Å². The normalized spacial score (nSPS) is 26.8. The van der Waals surface area contributed by atoms with Gasteiger partial charge in [-0.05, 0) is 62.9 Å².